The average molecular weight is 133 g/mol. The third-order valence-corrected chi connectivity index (χ3v) is 0.357. The number of aliphatic carboxylic acids is 1. The molecular weight excluding hydrogens is 126 g/mol. The van der Waals surface area contributed by atoms with Crippen molar-refractivity contribution in [2.45, 2.75) is 13.0 Å². The van der Waals surface area contributed by atoms with Crippen LogP contribution in [0.2, 0.25) is 0 Å². The fourth-order valence-corrected chi connectivity index (χ4v) is 0. The molecule has 9 heavy (non-hydrogen) atoms. The third-order valence-electron chi connectivity index (χ3n) is 0.357. The van der Waals surface area contributed by atoms with Crippen molar-refractivity contribution >= 4 is 5.97 Å². The summed E-state index contributed by atoms with van der Waals surface area (Å²) in [4.78, 5) is 11.2. The van der Waals surface area contributed by atoms with Crippen LogP contribution in [0.4, 0.5) is 0 Å². The smallest absolute Gasteiger partial charge is 0.332 e. The van der Waals surface area contributed by atoms with E-state index in [1.165, 1.54) is 6.92 Å². The molecule has 0 amide bonds. The van der Waals surface area contributed by atoms with E-state index in [2.05, 4.69) is 0 Å². The molecule has 0 bridgehead atoms. The summed E-state index contributed by atoms with van der Waals surface area (Å²) in [5.74, 6) is -1.19. The second-order valence-corrected chi connectivity index (χ2v) is 1.11. The summed E-state index contributed by atoms with van der Waals surface area (Å²) in [6.45, 7) is 1.20. The van der Waals surface area contributed by atoms with Crippen molar-refractivity contribution < 1.29 is 15.0 Å². The van der Waals surface area contributed by atoms with Gasteiger partial charge in [-0.1, -0.05) is 0 Å². The van der Waals surface area contributed by atoms with Crippen molar-refractivity contribution in [1.82, 2.24) is 0 Å². The Morgan fingerprint density at radius 1 is 1.89 bits per heavy atom. The van der Waals surface area contributed by atoms with Crippen molar-refractivity contribution in [3.05, 3.63) is 10.4 Å². The minimum absolute atomic E-state index is 1.19. The molecule has 6 heteroatoms. The summed E-state index contributed by atoms with van der Waals surface area (Å²) in [5, 5.41) is 15.8. The monoisotopic (exact) mass is 133 g/mol. The highest BCUT2D eigenvalue weighted by molar-refractivity contribution is 5.71. The van der Waals surface area contributed by atoms with Gasteiger partial charge in [-0.15, -0.1) is 5.53 Å². The van der Waals surface area contributed by atoms with Crippen molar-refractivity contribution in [3.63, 3.8) is 0 Å². The third kappa shape index (κ3) is 20.2. The molecule has 0 aromatic heterocycles. The minimum Gasteiger partial charge on any atom is -0.479 e. The fourth-order valence-electron chi connectivity index (χ4n) is 0. The molecule has 0 rings (SSSR count). The van der Waals surface area contributed by atoms with Crippen LogP contribution in [0.15, 0.2) is 0 Å². The summed E-state index contributed by atoms with van der Waals surface area (Å²) in [6, 6.07) is 0. The first-order valence-electron chi connectivity index (χ1n) is 1.98. The fraction of sp³-hybridized carbons (Fsp3) is 0.667. The van der Waals surface area contributed by atoms with Gasteiger partial charge in [0.1, 0.15) is 6.10 Å². The molecule has 0 saturated carbocycles. The number of rotatable bonds is 1. The number of aliphatic hydroxyl groups is 1. The van der Waals surface area contributed by atoms with Gasteiger partial charge >= 0.3 is 5.97 Å². The molecule has 0 spiro atoms. The number of carboxylic acid groups (broad SMARTS) is 1. The van der Waals surface area contributed by atoms with E-state index in [4.69, 9.17) is 21.3 Å². The van der Waals surface area contributed by atoms with Crippen LogP contribution in [-0.2, 0) is 4.79 Å². The first-order valence-corrected chi connectivity index (χ1v) is 1.98. The normalized spacial score (nSPS) is 10.0. The van der Waals surface area contributed by atoms with E-state index in [1.54, 1.807) is 4.91 Å². The molecule has 0 fully saturated rings. The summed E-state index contributed by atoms with van der Waals surface area (Å²) in [5.41, 5.74) is 12.2. The van der Waals surface area contributed by atoms with E-state index in [0.717, 1.165) is 0 Å². The lowest BCUT2D eigenvalue weighted by Crippen LogP contribution is -2.13. The number of nitrogens with one attached hydrogen (secondary N) is 1. The van der Waals surface area contributed by atoms with E-state index in [0.29, 0.717) is 0 Å². The Labute approximate surface area is 51.1 Å². The van der Waals surface area contributed by atoms with Gasteiger partial charge in [-0.05, 0) is 17.4 Å². The van der Waals surface area contributed by atoms with Crippen LogP contribution in [0, 0.1) is 5.53 Å². The molecule has 3 N–H and O–H groups in total. The SMILES string of the molecule is CC(O)C(=O)O.[N-]=[N+]=N. The zero-order valence-electron chi connectivity index (χ0n) is 4.77. The summed E-state index contributed by atoms with van der Waals surface area (Å²) in [7, 11) is 0. The Bertz CT molecular complexity index is 115. The summed E-state index contributed by atoms with van der Waals surface area (Å²) in [6.07, 6.45) is -1.23. The average Bonchev–Trinajstić information content (AvgIpc) is 1.68. The number of carboxylic acids is 1. The maximum absolute atomic E-state index is 9.45. The van der Waals surface area contributed by atoms with Crippen molar-refractivity contribution in [2.75, 3.05) is 0 Å². The largest absolute Gasteiger partial charge is 0.479 e. The van der Waals surface area contributed by atoms with E-state index in [-0.39, 0.29) is 0 Å². The van der Waals surface area contributed by atoms with Gasteiger partial charge < -0.3 is 10.2 Å². The van der Waals surface area contributed by atoms with E-state index >= 15 is 0 Å². The zero-order valence-corrected chi connectivity index (χ0v) is 4.77. The van der Waals surface area contributed by atoms with E-state index in [1.807, 2.05) is 0 Å². The molecule has 0 heterocycles. The van der Waals surface area contributed by atoms with Crippen LogP contribution in [0.1, 0.15) is 6.92 Å². The predicted octanol–water partition coefficient (Wildman–Crippen LogP) is 0.327. The van der Waals surface area contributed by atoms with Gasteiger partial charge in [0.25, 0.3) is 0 Å². The lowest BCUT2D eigenvalue weighted by atomic mass is 10.4. The lowest BCUT2D eigenvalue weighted by molar-refractivity contribution is -0.145. The van der Waals surface area contributed by atoms with Gasteiger partial charge in [-0.3, -0.25) is 0 Å². The summed E-state index contributed by atoms with van der Waals surface area (Å²) >= 11 is 0. The summed E-state index contributed by atoms with van der Waals surface area (Å²) < 4.78 is 0. The lowest BCUT2D eigenvalue weighted by Gasteiger charge is -1.89. The van der Waals surface area contributed by atoms with Gasteiger partial charge in [0, 0.05) is 0 Å². The second-order valence-electron chi connectivity index (χ2n) is 1.11. The Morgan fingerprint density at radius 2 is 2.00 bits per heavy atom. The number of aliphatic hydroxyl groups excluding tert-OH is 1. The van der Waals surface area contributed by atoms with Gasteiger partial charge in [-0.2, -0.15) is 0 Å². The Hall–Kier alpha value is -1.26. The molecule has 0 aromatic carbocycles. The second kappa shape index (κ2) is 6.74. The van der Waals surface area contributed by atoms with E-state index in [9.17, 15) is 4.79 Å². The number of hydrogen-bond acceptors (Lipinski definition) is 3. The molecular formula is C3H7N3O3. The van der Waals surface area contributed by atoms with Crippen molar-refractivity contribution in [2.24, 2.45) is 0 Å². The molecule has 0 aromatic rings. The Morgan fingerprint density at radius 3 is 2.00 bits per heavy atom. The van der Waals surface area contributed by atoms with Crippen LogP contribution in [-0.4, -0.2) is 22.3 Å². The van der Waals surface area contributed by atoms with Crippen LogP contribution in [0.5, 0.6) is 0 Å². The first kappa shape index (κ1) is 10.7. The first-order chi connectivity index (χ1) is 4.06. The highest BCUT2D eigenvalue weighted by atomic mass is 16.4. The van der Waals surface area contributed by atoms with Crippen LogP contribution < -0.4 is 0 Å². The maximum Gasteiger partial charge on any atom is 0.332 e. The molecule has 52 valence electrons. The van der Waals surface area contributed by atoms with Crippen molar-refractivity contribution in [3.8, 4) is 0 Å². The number of hydrogen-bond donors (Lipinski definition) is 3. The van der Waals surface area contributed by atoms with Crippen LogP contribution in [0.3, 0.4) is 0 Å². The highest BCUT2D eigenvalue weighted by Gasteiger charge is 2.01. The van der Waals surface area contributed by atoms with Gasteiger partial charge in [0.05, 0.1) is 0 Å². The van der Waals surface area contributed by atoms with E-state index < -0.39 is 12.1 Å². The van der Waals surface area contributed by atoms with Gasteiger partial charge in [-0.25, -0.2) is 4.79 Å². The highest BCUT2D eigenvalue weighted by Crippen LogP contribution is 1.73. The molecule has 0 aliphatic heterocycles. The number of nitrogens with zero attached hydrogens (tertiary/aromatic N) is 2. The minimum atomic E-state index is -1.23. The zero-order chi connectivity index (χ0) is 7.86. The van der Waals surface area contributed by atoms with Crippen LogP contribution in [0.25, 0.3) is 10.4 Å². The topological polar surface area (TPSA) is 118 Å². The van der Waals surface area contributed by atoms with Crippen LogP contribution >= 0.6 is 0 Å². The Kier molecular flexibility index (Phi) is 7.99. The molecule has 6 nitrogen and oxygen atoms in total. The molecule has 1 atom stereocenters. The molecule has 0 aliphatic carbocycles. The van der Waals surface area contributed by atoms with Crippen molar-refractivity contribution in [1.29, 1.82) is 5.53 Å². The predicted molar refractivity (Wildman–Crippen MR) is 28.8 cm³/mol. The molecule has 0 radical (unpaired) electrons. The molecule has 1 unspecified atom stereocenters. The van der Waals surface area contributed by atoms with Gasteiger partial charge in [0.2, 0.25) is 0 Å². The molecule has 0 aliphatic rings. The number of carbonyl (C=O) groups is 1. The van der Waals surface area contributed by atoms with Gasteiger partial charge in [0.15, 0.2) is 0 Å². The quantitative estimate of drug-likeness (QED) is 0.271. The molecule has 0 saturated heterocycles. The standard InChI is InChI=1S/C3H6O3.HN3/c1-2(4)3(5)6;1-3-2/h2,4H,1H3,(H,5,6);1H. The Balaban J connectivity index is 0. The maximum atomic E-state index is 9.45.